The Morgan fingerprint density at radius 1 is 1.67 bits per heavy atom. The quantitative estimate of drug-likeness (QED) is 0.668. The summed E-state index contributed by atoms with van der Waals surface area (Å²) in [6.45, 7) is 3.67. The molecule has 0 fully saturated rings. The summed E-state index contributed by atoms with van der Waals surface area (Å²) < 4.78 is 4.96. The second-order valence-electron chi connectivity index (χ2n) is 2.87. The van der Waals surface area contributed by atoms with Crippen LogP contribution in [0, 0.1) is 5.92 Å². The van der Waals surface area contributed by atoms with Crippen LogP contribution in [-0.2, 0) is 4.79 Å². The fraction of sp³-hybridized carbons (Fsp3) is 0.500. The van der Waals surface area contributed by atoms with Crippen molar-refractivity contribution in [3.05, 3.63) is 12.5 Å². The molecule has 1 rings (SSSR count). The van der Waals surface area contributed by atoms with Gasteiger partial charge in [-0.2, -0.15) is 0 Å². The van der Waals surface area contributed by atoms with Crippen LogP contribution in [0.25, 0.3) is 0 Å². The van der Waals surface area contributed by atoms with Crippen molar-refractivity contribution >= 4 is 11.9 Å². The fourth-order valence-corrected chi connectivity index (χ4v) is 0.863. The van der Waals surface area contributed by atoms with Gasteiger partial charge in [-0.25, -0.2) is 4.98 Å². The van der Waals surface area contributed by atoms with Crippen LogP contribution in [0.5, 0.6) is 0 Å². The smallest absolute Gasteiger partial charge is 0.303 e. The molecule has 0 unspecified atom stereocenters. The first-order valence-electron chi connectivity index (χ1n) is 3.80. The van der Waals surface area contributed by atoms with Gasteiger partial charge in [-0.3, -0.25) is 9.69 Å². The van der Waals surface area contributed by atoms with Crippen LogP contribution in [-0.4, -0.2) is 17.9 Å². The van der Waals surface area contributed by atoms with E-state index in [1.165, 1.54) is 17.4 Å². The number of amides is 1. The number of carbonyl (C=O) groups excluding carboxylic acids is 1. The van der Waals surface area contributed by atoms with Crippen molar-refractivity contribution in [2.45, 2.75) is 13.8 Å². The minimum atomic E-state index is -0.0399. The van der Waals surface area contributed by atoms with E-state index >= 15 is 0 Å². The van der Waals surface area contributed by atoms with Crippen molar-refractivity contribution < 1.29 is 9.21 Å². The van der Waals surface area contributed by atoms with E-state index in [1.54, 1.807) is 7.05 Å². The normalized spacial score (nSPS) is 10.3. The van der Waals surface area contributed by atoms with Gasteiger partial charge in [0.25, 0.3) is 0 Å². The predicted octanol–water partition coefficient (Wildman–Crippen LogP) is 1.29. The lowest BCUT2D eigenvalue weighted by atomic mass is 10.2. The van der Waals surface area contributed by atoms with Crippen molar-refractivity contribution in [1.29, 1.82) is 0 Å². The lowest BCUT2D eigenvalue weighted by Crippen LogP contribution is -2.30. The van der Waals surface area contributed by atoms with Crippen LogP contribution in [0.3, 0.4) is 0 Å². The summed E-state index contributed by atoms with van der Waals surface area (Å²) in [5, 5.41) is 0. The molecule has 0 N–H and O–H groups in total. The number of hydrogen-bond donors (Lipinski definition) is 0. The Kier molecular flexibility index (Phi) is 2.47. The van der Waals surface area contributed by atoms with E-state index in [0.29, 0.717) is 6.01 Å². The molecule has 1 aromatic rings. The van der Waals surface area contributed by atoms with Crippen molar-refractivity contribution in [1.82, 2.24) is 4.98 Å². The van der Waals surface area contributed by atoms with Gasteiger partial charge in [-0.05, 0) is 0 Å². The number of hydrogen-bond acceptors (Lipinski definition) is 3. The molecule has 0 aliphatic heterocycles. The average Bonchev–Trinajstić information content (AvgIpc) is 2.53. The molecule has 0 bridgehead atoms. The average molecular weight is 168 g/mol. The molecule has 0 radical (unpaired) electrons. The summed E-state index contributed by atoms with van der Waals surface area (Å²) in [5.41, 5.74) is 0. The Morgan fingerprint density at radius 2 is 2.33 bits per heavy atom. The molecule has 4 nitrogen and oxygen atoms in total. The van der Waals surface area contributed by atoms with E-state index in [9.17, 15) is 4.79 Å². The second-order valence-corrected chi connectivity index (χ2v) is 2.87. The number of oxazole rings is 1. The molecular formula is C8H12N2O2. The zero-order valence-corrected chi connectivity index (χ0v) is 7.44. The summed E-state index contributed by atoms with van der Waals surface area (Å²) in [7, 11) is 1.65. The Labute approximate surface area is 71.2 Å². The molecule has 1 aromatic heterocycles. The Hall–Kier alpha value is -1.32. The topological polar surface area (TPSA) is 46.3 Å². The Bertz CT molecular complexity index is 254. The molecule has 0 atom stereocenters. The first-order chi connectivity index (χ1) is 5.63. The highest BCUT2D eigenvalue weighted by Crippen LogP contribution is 2.10. The predicted molar refractivity (Wildman–Crippen MR) is 44.8 cm³/mol. The maximum atomic E-state index is 11.4. The van der Waals surface area contributed by atoms with Crippen LogP contribution >= 0.6 is 0 Å². The van der Waals surface area contributed by atoms with Gasteiger partial charge in [0.1, 0.15) is 6.26 Å². The first-order valence-corrected chi connectivity index (χ1v) is 3.80. The molecule has 66 valence electrons. The van der Waals surface area contributed by atoms with Crippen LogP contribution in [0.2, 0.25) is 0 Å². The van der Waals surface area contributed by atoms with Crippen molar-refractivity contribution in [3.63, 3.8) is 0 Å². The molecule has 12 heavy (non-hydrogen) atoms. The highest BCUT2D eigenvalue weighted by Gasteiger charge is 2.17. The fourth-order valence-electron chi connectivity index (χ4n) is 0.863. The molecule has 0 saturated heterocycles. The number of nitrogens with zero attached hydrogens (tertiary/aromatic N) is 2. The monoisotopic (exact) mass is 168 g/mol. The van der Waals surface area contributed by atoms with Crippen molar-refractivity contribution in [3.8, 4) is 0 Å². The van der Waals surface area contributed by atoms with Gasteiger partial charge in [-0.1, -0.05) is 13.8 Å². The maximum Gasteiger partial charge on any atom is 0.303 e. The summed E-state index contributed by atoms with van der Waals surface area (Å²) in [6, 6.07) is 0.341. The molecule has 0 aromatic carbocycles. The first kappa shape index (κ1) is 8.77. The highest BCUT2D eigenvalue weighted by atomic mass is 16.4. The standard InChI is InChI=1S/C8H12N2O2/c1-6(2)7(11)10(3)8-9-4-5-12-8/h4-6H,1-3H3. The van der Waals surface area contributed by atoms with Gasteiger partial charge in [0.2, 0.25) is 5.91 Å². The lowest BCUT2D eigenvalue weighted by Gasteiger charge is -2.14. The van der Waals surface area contributed by atoms with Gasteiger partial charge < -0.3 is 4.42 Å². The third kappa shape index (κ3) is 1.64. The number of anilines is 1. The van der Waals surface area contributed by atoms with E-state index < -0.39 is 0 Å². The van der Waals surface area contributed by atoms with Gasteiger partial charge in [0.05, 0.1) is 6.20 Å². The second kappa shape index (κ2) is 3.38. The molecule has 0 aliphatic carbocycles. The van der Waals surface area contributed by atoms with Crippen molar-refractivity contribution in [2.75, 3.05) is 11.9 Å². The molecule has 0 saturated carbocycles. The number of rotatable bonds is 2. The van der Waals surface area contributed by atoms with E-state index in [0.717, 1.165) is 0 Å². The van der Waals surface area contributed by atoms with Gasteiger partial charge in [0, 0.05) is 13.0 Å². The van der Waals surface area contributed by atoms with Gasteiger partial charge in [0.15, 0.2) is 0 Å². The molecule has 0 aliphatic rings. The zero-order valence-electron chi connectivity index (χ0n) is 7.44. The summed E-state index contributed by atoms with van der Waals surface area (Å²) in [5.74, 6) is -0.0423. The van der Waals surface area contributed by atoms with Crippen LogP contribution in [0.1, 0.15) is 13.8 Å². The Morgan fingerprint density at radius 3 is 2.75 bits per heavy atom. The molecule has 4 heteroatoms. The Balaban J connectivity index is 2.72. The number of aromatic nitrogens is 1. The van der Waals surface area contributed by atoms with E-state index in [4.69, 9.17) is 4.42 Å². The third-order valence-electron chi connectivity index (χ3n) is 1.53. The molecule has 1 amide bonds. The lowest BCUT2D eigenvalue weighted by molar-refractivity contribution is -0.121. The van der Waals surface area contributed by atoms with Crippen LogP contribution in [0.4, 0.5) is 6.01 Å². The zero-order chi connectivity index (χ0) is 9.14. The minimum Gasteiger partial charge on any atom is -0.432 e. The van der Waals surface area contributed by atoms with Crippen LogP contribution < -0.4 is 4.90 Å². The van der Waals surface area contributed by atoms with Gasteiger partial charge in [-0.15, -0.1) is 0 Å². The van der Waals surface area contributed by atoms with E-state index in [1.807, 2.05) is 13.8 Å². The summed E-state index contributed by atoms with van der Waals surface area (Å²) in [4.78, 5) is 16.6. The van der Waals surface area contributed by atoms with Crippen LogP contribution in [0.15, 0.2) is 16.9 Å². The van der Waals surface area contributed by atoms with Gasteiger partial charge >= 0.3 is 6.01 Å². The SMILES string of the molecule is CC(C)C(=O)N(C)c1ncco1. The maximum absolute atomic E-state index is 11.4. The van der Waals surface area contributed by atoms with E-state index in [2.05, 4.69) is 4.98 Å². The third-order valence-corrected chi connectivity index (χ3v) is 1.53. The number of carbonyl (C=O) groups is 1. The molecule has 0 spiro atoms. The highest BCUT2D eigenvalue weighted by molar-refractivity contribution is 5.91. The molecule has 1 heterocycles. The largest absolute Gasteiger partial charge is 0.432 e. The minimum absolute atomic E-state index is 0.00236. The summed E-state index contributed by atoms with van der Waals surface area (Å²) >= 11 is 0. The summed E-state index contributed by atoms with van der Waals surface area (Å²) in [6.07, 6.45) is 2.96. The van der Waals surface area contributed by atoms with E-state index in [-0.39, 0.29) is 11.8 Å². The van der Waals surface area contributed by atoms with Crippen molar-refractivity contribution in [2.24, 2.45) is 5.92 Å². The molecular weight excluding hydrogens is 156 g/mol.